The molecule has 2 heteroatoms. The van der Waals surface area contributed by atoms with Crippen molar-refractivity contribution in [1.82, 2.24) is 5.32 Å². The lowest BCUT2D eigenvalue weighted by Gasteiger charge is -2.36. The average molecular weight is 319 g/mol. The van der Waals surface area contributed by atoms with Crippen molar-refractivity contribution in [2.75, 3.05) is 13.1 Å². The number of rotatable bonds is 6. The number of carbonyl (C=O) groups is 1. The molecule has 2 aromatic rings. The number of nitrogens with one attached hydrogen (secondary N) is 1. The summed E-state index contributed by atoms with van der Waals surface area (Å²) in [6, 6.07) is 20.7. The second-order valence-corrected chi connectivity index (χ2v) is 6.49. The van der Waals surface area contributed by atoms with E-state index >= 15 is 0 Å². The maximum absolute atomic E-state index is 13.0. The van der Waals surface area contributed by atoms with Gasteiger partial charge in [-0.15, -0.1) is 0 Å². The Morgan fingerprint density at radius 1 is 0.958 bits per heavy atom. The van der Waals surface area contributed by atoms with Crippen LogP contribution in [0.25, 0.3) is 0 Å². The molecule has 0 saturated carbocycles. The minimum absolute atomic E-state index is 0.253. The largest absolute Gasteiger partial charge is 0.317 e. The molecule has 0 unspecified atom stereocenters. The minimum Gasteiger partial charge on any atom is -0.317 e. The molecular weight excluding hydrogens is 294 g/mol. The van der Waals surface area contributed by atoms with Crippen LogP contribution in [0.4, 0.5) is 0 Å². The van der Waals surface area contributed by atoms with Crippen LogP contribution in [0.5, 0.6) is 0 Å². The molecule has 3 rings (SSSR count). The normalized spacial score (nSPS) is 17.0. The average Bonchev–Trinajstić information content (AvgIpc) is 2.67. The van der Waals surface area contributed by atoms with Crippen LogP contribution in [0.1, 0.15) is 30.4 Å². The highest BCUT2D eigenvalue weighted by molar-refractivity contribution is 5.99. The molecule has 2 nitrogen and oxygen atoms in total. The van der Waals surface area contributed by atoms with E-state index in [1.807, 2.05) is 36.4 Å². The fourth-order valence-electron chi connectivity index (χ4n) is 3.53. The van der Waals surface area contributed by atoms with E-state index in [9.17, 15) is 4.79 Å². The Morgan fingerprint density at radius 3 is 2.25 bits per heavy atom. The topological polar surface area (TPSA) is 29.1 Å². The minimum atomic E-state index is -0.351. The fourth-order valence-corrected chi connectivity index (χ4v) is 3.53. The molecule has 1 aliphatic heterocycles. The van der Waals surface area contributed by atoms with E-state index in [-0.39, 0.29) is 11.2 Å². The van der Waals surface area contributed by atoms with Crippen LogP contribution in [0.2, 0.25) is 0 Å². The number of piperidine rings is 1. The van der Waals surface area contributed by atoms with Gasteiger partial charge in [0.1, 0.15) is 0 Å². The molecule has 0 bridgehead atoms. The third-order valence-electron chi connectivity index (χ3n) is 4.97. The first-order valence-corrected chi connectivity index (χ1v) is 8.82. The summed E-state index contributed by atoms with van der Waals surface area (Å²) in [5.74, 6) is 0.253. The molecule has 0 spiro atoms. The first-order chi connectivity index (χ1) is 11.8. The summed E-state index contributed by atoms with van der Waals surface area (Å²) in [7, 11) is 0. The summed E-state index contributed by atoms with van der Waals surface area (Å²) in [4.78, 5) is 13.0. The van der Waals surface area contributed by atoms with Gasteiger partial charge in [0.15, 0.2) is 5.78 Å². The smallest absolute Gasteiger partial charge is 0.165 e. The van der Waals surface area contributed by atoms with Crippen molar-refractivity contribution in [3.63, 3.8) is 0 Å². The second-order valence-electron chi connectivity index (χ2n) is 6.49. The highest BCUT2D eigenvalue weighted by Gasteiger charge is 2.39. The number of ketones is 1. The molecule has 124 valence electrons. The molecule has 2 aromatic carbocycles. The molecule has 1 fully saturated rings. The van der Waals surface area contributed by atoms with Crippen molar-refractivity contribution in [2.24, 2.45) is 0 Å². The Hall–Kier alpha value is -2.19. The second kappa shape index (κ2) is 8.07. The third kappa shape index (κ3) is 3.82. The molecule has 0 amide bonds. The predicted octanol–water partition coefficient (Wildman–Crippen LogP) is 4.07. The van der Waals surface area contributed by atoms with Crippen molar-refractivity contribution < 1.29 is 4.79 Å². The molecule has 24 heavy (non-hydrogen) atoms. The maximum Gasteiger partial charge on any atom is 0.165 e. The van der Waals surface area contributed by atoms with E-state index in [1.54, 1.807) is 0 Å². The summed E-state index contributed by atoms with van der Waals surface area (Å²) < 4.78 is 0. The molecule has 0 aliphatic carbocycles. The van der Waals surface area contributed by atoms with Gasteiger partial charge in [-0.05, 0) is 56.0 Å². The van der Waals surface area contributed by atoms with Crippen molar-refractivity contribution in [3.8, 4) is 0 Å². The summed E-state index contributed by atoms with van der Waals surface area (Å²) >= 11 is 0. The van der Waals surface area contributed by atoms with Crippen LogP contribution in [-0.2, 0) is 16.6 Å². The summed E-state index contributed by atoms with van der Waals surface area (Å²) in [5, 5.41) is 3.38. The Bertz CT molecular complexity index is 670. The number of carbonyl (C=O) groups excluding carboxylic acids is 1. The number of aryl methyl sites for hydroxylation is 1. The van der Waals surface area contributed by atoms with E-state index < -0.39 is 0 Å². The molecule has 1 saturated heterocycles. The highest BCUT2D eigenvalue weighted by Crippen LogP contribution is 2.34. The van der Waals surface area contributed by atoms with Crippen LogP contribution in [0, 0.1) is 0 Å². The molecule has 0 radical (unpaired) electrons. The first-order valence-electron chi connectivity index (χ1n) is 8.82. The van der Waals surface area contributed by atoms with Crippen molar-refractivity contribution in [1.29, 1.82) is 0 Å². The molecule has 0 atom stereocenters. The molecule has 1 heterocycles. The Kier molecular flexibility index (Phi) is 5.60. The van der Waals surface area contributed by atoms with E-state index in [1.165, 1.54) is 5.56 Å². The van der Waals surface area contributed by atoms with Gasteiger partial charge in [-0.25, -0.2) is 0 Å². The van der Waals surface area contributed by atoms with Gasteiger partial charge in [0, 0.05) is 0 Å². The monoisotopic (exact) mass is 319 g/mol. The van der Waals surface area contributed by atoms with Gasteiger partial charge in [-0.3, -0.25) is 4.79 Å². The standard InChI is InChI=1S/C22H25NO/c24-21(14-8-7-11-19-9-3-1-4-10-19)22(15-17-23-18-16-22)20-12-5-2-6-13-20/h1-6,8-10,12-14,23H,7,11,15-18H2/b14-8+. The zero-order valence-electron chi connectivity index (χ0n) is 14.1. The fraction of sp³-hybridized carbons (Fsp3) is 0.318. The van der Waals surface area contributed by atoms with Gasteiger partial charge in [0.05, 0.1) is 5.41 Å². The predicted molar refractivity (Wildman–Crippen MR) is 99.1 cm³/mol. The lowest BCUT2D eigenvalue weighted by molar-refractivity contribution is -0.120. The van der Waals surface area contributed by atoms with Crippen LogP contribution in [0.15, 0.2) is 72.8 Å². The first kappa shape index (κ1) is 16.7. The lowest BCUT2D eigenvalue weighted by atomic mass is 9.70. The van der Waals surface area contributed by atoms with Crippen molar-refractivity contribution in [3.05, 3.63) is 83.9 Å². The van der Waals surface area contributed by atoms with Gasteiger partial charge in [-0.1, -0.05) is 66.7 Å². The van der Waals surface area contributed by atoms with Crippen molar-refractivity contribution >= 4 is 5.78 Å². The number of hydrogen-bond donors (Lipinski definition) is 1. The van der Waals surface area contributed by atoms with Gasteiger partial charge in [0.2, 0.25) is 0 Å². The van der Waals surface area contributed by atoms with Crippen molar-refractivity contribution in [2.45, 2.75) is 31.1 Å². The molecular formula is C22H25NO. The van der Waals surface area contributed by atoms with Gasteiger partial charge >= 0.3 is 0 Å². The summed E-state index contributed by atoms with van der Waals surface area (Å²) in [6.45, 7) is 1.80. The Labute approximate surface area is 144 Å². The Balaban J connectivity index is 1.69. The summed E-state index contributed by atoms with van der Waals surface area (Å²) in [5.41, 5.74) is 2.12. The molecule has 1 aliphatic rings. The summed E-state index contributed by atoms with van der Waals surface area (Å²) in [6.07, 6.45) is 7.49. The van der Waals surface area contributed by atoms with Gasteiger partial charge in [0.25, 0.3) is 0 Å². The lowest BCUT2D eigenvalue weighted by Crippen LogP contribution is -2.44. The van der Waals surface area contributed by atoms with Crippen LogP contribution >= 0.6 is 0 Å². The number of allylic oxidation sites excluding steroid dienone is 2. The van der Waals surface area contributed by atoms with Crippen LogP contribution < -0.4 is 5.32 Å². The zero-order chi connectivity index (χ0) is 16.7. The van der Waals surface area contributed by atoms with Gasteiger partial charge in [-0.2, -0.15) is 0 Å². The zero-order valence-corrected chi connectivity index (χ0v) is 14.1. The van der Waals surface area contributed by atoms with E-state index in [4.69, 9.17) is 0 Å². The van der Waals surface area contributed by atoms with Gasteiger partial charge < -0.3 is 5.32 Å². The molecule has 1 N–H and O–H groups in total. The quantitative estimate of drug-likeness (QED) is 0.813. The molecule has 0 aromatic heterocycles. The number of benzene rings is 2. The van der Waals surface area contributed by atoms with Crippen LogP contribution in [0.3, 0.4) is 0 Å². The van der Waals surface area contributed by atoms with Crippen LogP contribution in [-0.4, -0.2) is 18.9 Å². The third-order valence-corrected chi connectivity index (χ3v) is 4.97. The maximum atomic E-state index is 13.0. The van der Waals surface area contributed by atoms with E-state index in [0.717, 1.165) is 44.3 Å². The number of hydrogen-bond acceptors (Lipinski definition) is 2. The van der Waals surface area contributed by atoms with E-state index in [2.05, 4.69) is 41.7 Å². The van der Waals surface area contributed by atoms with E-state index in [0.29, 0.717) is 0 Å². The SMILES string of the molecule is O=C(/C=C/CCc1ccccc1)C1(c2ccccc2)CCNCC1. The highest BCUT2D eigenvalue weighted by atomic mass is 16.1. The Morgan fingerprint density at radius 2 is 1.58 bits per heavy atom.